The van der Waals surface area contributed by atoms with Crippen LogP contribution in [-0.2, 0) is 0 Å². The van der Waals surface area contributed by atoms with Gasteiger partial charge >= 0.3 is 36.4 Å². The van der Waals surface area contributed by atoms with Crippen molar-refractivity contribution in [2.45, 2.75) is 49.3 Å². The lowest BCUT2D eigenvalue weighted by molar-refractivity contribution is -0.461. The molecule has 0 aliphatic heterocycles. The molecule has 0 aromatic heterocycles. The van der Waals surface area contributed by atoms with Gasteiger partial charge in [-0.3, -0.25) is 0 Å². The minimum atomic E-state index is -7.65. The first-order valence-corrected chi connectivity index (χ1v) is 11.2. The number of halogens is 16. The van der Waals surface area contributed by atoms with Crippen molar-refractivity contribution < 1.29 is 57.1 Å². The molecule has 0 amide bonds. The van der Waals surface area contributed by atoms with Crippen molar-refractivity contribution in [3.8, 4) is 0 Å². The second-order valence-electron chi connectivity index (χ2n) is 5.02. The Hall–Kier alpha value is 0.177. The Morgan fingerprint density at radius 2 is 0.885 bits per heavy atom. The maximum atomic E-state index is 13.6. The Bertz CT molecular complexity index is 473. The van der Waals surface area contributed by atoms with Gasteiger partial charge in [0.1, 0.15) is 0 Å². The zero-order valence-corrected chi connectivity index (χ0v) is 14.9. The second-order valence-corrected chi connectivity index (χ2v) is 14.3. The molecule has 0 aromatic carbocycles. The highest BCUT2D eigenvalue weighted by Crippen LogP contribution is 2.67. The van der Waals surface area contributed by atoms with Gasteiger partial charge in [-0.05, 0) is 12.5 Å². The molecular weight excluding hydrogens is 490 g/mol. The summed E-state index contributed by atoms with van der Waals surface area (Å²) in [4.78, 5) is 0. The van der Waals surface area contributed by atoms with Gasteiger partial charge in [0.2, 0.25) is 5.41 Å². The van der Waals surface area contributed by atoms with Gasteiger partial charge in [-0.25, -0.2) is 0 Å². The smallest absolute Gasteiger partial charge is 0.198 e. The van der Waals surface area contributed by atoms with Crippen molar-refractivity contribution >= 4 is 39.2 Å². The summed E-state index contributed by atoms with van der Waals surface area (Å²) in [6.07, 6.45) is -26.4. The van der Waals surface area contributed by atoms with Gasteiger partial charge in [0.05, 0.1) is 0 Å². The van der Waals surface area contributed by atoms with Gasteiger partial charge in [-0.15, -0.1) is 33.2 Å². The van der Waals surface area contributed by atoms with Crippen LogP contribution in [0.1, 0.15) is 12.8 Å². The summed E-state index contributed by atoms with van der Waals surface area (Å²) in [6, 6.07) is -5.12. The van der Waals surface area contributed by atoms with Gasteiger partial charge < -0.3 is 0 Å². The number of alkyl halides is 13. The van der Waals surface area contributed by atoms with Gasteiger partial charge in [0.25, 0.3) is 0 Å². The first-order chi connectivity index (χ1) is 11.0. The van der Waals surface area contributed by atoms with E-state index in [1.807, 2.05) is 0 Å². The third-order valence-electron chi connectivity index (χ3n) is 3.27. The summed E-state index contributed by atoms with van der Waals surface area (Å²) in [5, 5.41) is 0. The van der Waals surface area contributed by atoms with Gasteiger partial charge in [0, 0.05) is 0 Å². The predicted octanol–water partition coefficient (Wildman–Crippen LogP) is 7.37. The molecular formula is C9H6Cl3F13Si. The van der Waals surface area contributed by atoms with E-state index in [1.54, 1.807) is 0 Å². The Balaban J connectivity index is 6.57. The summed E-state index contributed by atoms with van der Waals surface area (Å²) >= 11 is 15.5. The van der Waals surface area contributed by atoms with E-state index >= 15 is 0 Å². The summed E-state index contributed by atoms with van der Waals surface area (Å²) in [7, 11) is 0. The molecule has 0 bridgehead atoms. The highest BCUT2D eigenvalue weighted by atomic mass is 35.8. The fourth-order valence-electron chi connectivity index (χ4n) is 1.96. The Labute approximate surface area is 151 Å². The number of rotatable bonds is 6. The lowest BCUT2D eigenvalue weighted by Gasteiger charge is -2.45. The summed E-state index contributed by atoms with van der Waals surface area (Å²) in [5.74, 6) is -15.3. The van der Waals surface area contributed by atoms with E-state index in [9.17, 15) is 57.1 Å². The van der Waals surface area contributed by atoms with Crippen LogP contribution in [0.25, 0.3) is 0 Å². The van der Waals surface area contributed by atoms with Crippen LogP contribution in [0, 0.1) is 5.41 Å². The first kappa shape index (κ1) is 26.2. The van der Waals surface area contributed by atoms with Gasteiger partial charge in [0.15, 0.2) is 0 Å². The molecule has 26 heavy (non-hydrogen) atoms. The Kier molecular flexibility index (Phi) is 7.26. The number of hydrogen-bond donors (Lipinski definition) is 0. The monoisotopic (exact) mass is 494 g/mol. The van der Waals surface area contributed by atoms with E-state index in [4.69, 9.17) is 33.2 Å². The molecule has 17 heteroatoms. The fourth-order valence-corrected chi connectivity index (χ4v) is 3.74. The molecule has 0 saturated carbocycles. The molecule has 158 valence electrons. The zero-order valence-electron chi connectivity index (χ0n) is 11.7. The minimum absolute atomic E-state index is 1.13. The van der Waals surface area contributed by atoms with Crippen LogP contribution in [-0.4, -0.2) is 36.4 Å². The Morgan fingerprint density at radius 3 is 1.12 bits per heavy atom. The van der Waals surface area contributed by atoms with Crippen molar-refractivity contribution in [3.05, 3.63) is 0 Å². The van der Waals surface area contributed by atoms with Crippen molar-refractivity contribution in [1.82, 2.24) is 0 Å². The lowest BCUT2D eigenvalue weighted by atomic mass is 9.72. The molecule has 0 aromatic rings. The molecule has 0 rings (SSSR count). The second kappa shape index (κ2) is 7.21. The maximum absolute atomic E-state index is 13.6. The van der Waals surface area contributed by atoms with Crippen LogP contribution in [0.3, 0.4) is 0 Å². The van der Waals surface area contributed by atoms with Crippen molar-refractivity contribution in [1.29, 1.82) is 0 Å². The third kappa shape index (κ3) is 4.59. The molecule has 0 atom stereocenters. The molecule has 0 spiro atoms. The van der Waals surface area contributed by atoms with Crippen LogP contribution >= 0.6 is 33.2 Å². The van der Waals surface area contributed by atoms with E-state index in [1.165, 1.54) is 0 Å². The highest BCUT2D eigenvalue weighted by Gasteiger charge is 2.91. The van der Waals surface area contributed by atoms with E-state index in [2.05, 4.69) is 0 Å². The van der Waals surface area contributed by atoms with Gasteiger partial charge in [-0.1, -0.05) is 6.42 Å². The van der Waals surface area contributed by atoms with Crippen molar-refractivity contribution in [2.24, 2.45) is 5.41 Å². The molecule has 0 N–H and O–H groups in total. The Morgan fingerprint density at radius 1 is 0.538 bits per heavy atom. The first-order valence-electron chi connectivity index (χ1n) is 5.98. The van der Waals surface area contributed by atoms with E-state index in [0.29, 0.717) is 0 Å². The van der Waals surface area contributed by atoms with Gasteiger partial charge in [-0.2, -0.15) is 57.1 Å². The quantitative estimate of drug-likeness (QED) is 0.205. The molecule has 0 saturated heterocycles. The maximum Gasteiger partial charge on any atom is 0.459 e. The molecule has 0 radical (unpaired) electrons. The highest BCUT2D eigenvalue weighted by molar-refractivity contribution is 7.64. The average Bonchev–Trinajstić information content (AvgIpc) is 2.27. The van der Waals surface area contributed by atoms with Crippen LogP contribution < -0.4 is 0 Å². The largest absolute Gasteiger partial charge is 0.459 e. The topological polar surface area (TPSA) is 0 Å². The molecule has 0 nitrogen and oxygen atoms in total. The molecule has 0 aliphatic rings. The zero-order chi connectivity index (χ0) is 21.6. The normalized spacial score (nSPS) is 16.2. The fraction of sp³-hybridized carbons (Fsp3) is 1.00. The summed E-state index contributed by atoms with van der Waals surface area (Å²) in [6.45, 7) is 0. The molecule has 0 fully saturated rings. The van der Waals surface area contributed by atoms with Crippen LogP contribution in [0.2, 0.25) is 6.04 Å². The average molecular weight is 496 g/mol. The molecule has 0 unspecified atom stereocenters. The van der Waals surface area contributed by atoms with E-state index < -0.39 is 60.7 Å². The standard InChI is InChI=1S/C9H6Cl3F13Si/c10-26(11,12)3-1-2-4(7(17,18)19,8(20,21)22)5(13,14)6(15,16)9(23,24)25/h1-3H2. The summed E-state index contributed by atoms with van der Waals surface area (Å²) in [5.41, 5.74) is -6.73. The number of hydrogen-bond acceptors (Lipinski definition) is 0. The van der Waals surface area contributed by atoms with Crippen LogP contribution in [0.5, 0.6) is 0 Å². The van der Waals surface area contributed by atoms with E-state index in [0.717, 1.165) is 0 Å². The third-order valence-corrected chi connectivity index (χ3v) is 5.89. The van der Waals surface area contributed by atoms with Crippen molar-refractivity contribution in [3.63, 3.8) is 0 Å². The minimum Gasteiger partial charge on any atom is -0.198 e. The lowest BCUT2D eigenvalue weighted by Crippen LogP contribution is -2.70. The van der Waals surface area contributed by atoms with Crippen molar-refractivity contribution in [2.75, 3.05) is 0 Å². The van der Waals surface area contributed by atoms with Crippen LogP contribution in [0.15, 0.2) is 0 Å². The van der Waals surface area contributed by atoms with Crippen LogP contribution in [0.4, 0.5) is 57.1 Å². The SMILES string of the molecule is FC(F)(F)C(F)(F)C(F)(F)C(CCC[Si](Cl)(Cl)Cl)(C(F)(F)F)C(F)(F)F. The predicted molar refractivity (Wildman–Crippen MR) is 67.8 cm³/mol. The molecule has 0 aliphatic carbocycles. The molecule has 0 heterocycles. The van der Waals surface area contributed by atoms with E-state index in [-0.39, 0.29) is 0 Å². The summed E-state index contributed by atoms with van der Waals surface area (Å²) < 4.78 is 167.